The maximum Gasteiger partial charge on any atom is 0.220 e. The van der Waals surface area contributed by atoms with Gasteiger partial charge >= 0.3 is 0 Å². The molecule has 2 rings (SSSR count). The number of benzene rings is 1. The van der Waals surface area contributed by atoms with Crippen molar-refractivity contribution in [2.24, 2.45) is 7.05 Å². The molecule has 1 amide bonds. The fourth-order valence-electron chi connectivity index (χ4n) is 2.26. The van der Waals surface area contributed by atoms with E-state index in [1.807, 2.05) is 24.3 Å². The lowest BCUT2D eigenvalue weighted by Gasteiger charge is -2.22. The Balaban J connectivity index is 1.73. The van der Waals surface area contributed by atoms with Gasteiger partial charge in [0.15, 0.2) is 0 Å². The molecule has 1 heterocycles. The number of aliphatic hydroxyl groups is 1. The summed E-state index contributed by atoms with van der Waals surface area (Å²) in [5, 5.41) is 17.9. The molecule has 1 aromatic carbocycles. The summed E-state index contributed by atoms with van der Waals surface area (Å²) in [5.41, 5.74) is 0.714. The molecule has 124 valence electrons. The molecule has 0 radical (unpaired) electrons. The molecule has 0 saturated heterocycles. The van der Waals surface area contributed by atoms with Crippen LogP contribution >= 0.6 is 11.6 Å². The summed E-state index contributed by atoms with van der Waals surface area (Å²) in [5.74, 6) is -0.0665. The van der Waals surface area contributed by atoms with Crippen molar-refractivity contribution in [1.29, 1.82) is 0 Å². The van der Waals surface area contributed by atoms with Crippen molar-refractivity contribution in [3.8, 4) is 0 Å². The number of nitrogens with zero attached hydrogens (tertiary/aromatic N) is 2. The third kappa shape index (κ3) is 5.37. The number of hydrogen-bond acceptors (Lipinski definition) is 3. The van der Waals surface area contributed by atoms with E-state index in [9.17, 15) is 9.90 Å². The first-order valence-electron chi connectivity index (χ1n) is 7.59. The summed E-state index contributed by atoms with van der Waals surface area (Å²) < 4.78 is 1.62. The Hall–Kier alpha value is -1.85. The second-order valence-electron chi connectivity index (χ2n) is 5.93. The highest BCUT2D eigenvalue weighted by Gasteiger charge is 2.25. The molecule has 23 heavy (non-hydrogen) atoms. The zero-order valence-electron chi connectivity index (χ0n) is 13.4. The minimum Gasteiger partial charge on any atom is -0.383 e. The topological polar surface area (TPSA) is 67.2 Å². The number of halogens is 1. The zero-order valence-corrected chi connectivity index (χ0v) is 14.2. The van der Waals surface area contributed by atoms with Crippen LogP contribution in [0.15, 0.2) is 36.7 Å². The van der Waals surface area contributed by atoms with Crippen LogP contribution in [0.2, 0.25) is 5.02 Å². The van der Waals surface area contributed by atoms with Crippen LogP contribution in [0.1, 0.15) is 30.9 Å². The molecule has 2 N–H and O–H groups in total. The van der Waals surface area contributed by atoms with E-state index < -0.39 is 5.60 Å². The molecular formula is C17H22ClN3O2. The number of carbonyl (C=O) groups is 1. The van der Waals surface area contributed by atoms with E-state index >= 15 is 0 Å². The van der Waals surface area contributed by atoms with Crippen LogP contribution in [-0.4, -0.2) is 27.3 Å². The molecule has 0 aliphatic carbocycles. The molecule has 1 aromatic heterocycles. The first kappa shape index (κ1) is 17.5. The van der Waals surface area contributed by atoms with Crippen LogP contribution in [0, 0.1) is 0 Å². The molecule has 0 saturated carbocycles. The largest absolute Gasteiger partial charge is 0.383 e. The summed E-state index contributed by atoms with van der Waals surface area (Å²) >= 11 is 5.84. The Bertz CT molecular complexity index is 650. The summed E-state index contributed by atoms with van der Waals surface area (Å²) in [6.45, 7) is 1.83. The number of aromatic nitrogens is 2. The van der Waals surface area contributed by atoms with Crippen molar-refractivity contribution in [2.45, 2.75) is 31.8 Å². The van der Waals surface area contributed by atoms with Crippen LogP contribution in [0.5, 0.6) is 0 Å². The van der Waals surface area contributed by atoms with Crippen LogP contribution in [0.25, 0.3) is 0 Å². The Morgan fingerprint density at radius 1 is 1.39 bits per heavy atom. The van der Waals surface area contributed by atoms with Crippen molar-refractivity contribution in [1.82, 2.24) is 15.1 Å². The van der Waals surface area contributed by atoms with Gasteiger partial charge in [-0.3, -0.25) is 9.48 Å². The minimum atomic E-state index is -1.12. The molecule has 6 heteroatoms. The third-order valence-corrected chi connectivity index (χ3v) is 3.99. The van der Waals surface area contributed by atoms with Crippen molar-refractivity contribution in [3.05, 3.63) is 52.8 Å². The number of hydrogen-bond donors (Lipinski definition) is 2. The van der Waals surface area contributed by atoms with Crippen LogP contribution in [0.3, 0.4) is 0 Å². The number of rotatable bonds is 7. The van der Waals surface area contributed by atoms with Crippen molar-refractivity contribution < 1.29 is 9.90 Å². The second-order valence-corrected chi connectivity index (χ2v) is 6.37. The van der Waals surface area contributed by atoms with Crippen LogP contribution in [-0.2, 0) is 23.9 Å². The van der Waals surface area contributed by atoms with Gasteiger partial charge in [-0.1, -0.05) is 23.7 Å². The molecule has 0 spiro atoms. The third-order valence-electron chi connectivity index (χ3n) is 3.74. The fourth-order valence-corrected chi connectivity index (χ4v) is 2.39. The monoisotopic (exact) mass is 335 g/mol. The summed E-state index contributed by atoms with van der Waals surface area (Å²) in [4.78, 5) is 11.9. The Labute approximate surface area is 141 Å². The highest BCUT2D eigenvalue weighted by atomic mass is 35.5. The summed E-state index contributed by atoms with van der Waals surface area (Å²) in [6.07, 6.45) is 5.34. The highest BCUT2D eigenvalue weighted by Crippen LogP contribution is 2.18. The van der Waals surface area contributed by atoms with Gasteiger partial charge in [-0.25, -0.2) is 0 Å². The van der Waals surface area contributed by atoms with Crippen LogP contribution in [0.4, 0.5) is 0 Å². The van der Waals surface area contributed by atoms with Crippen molar-refractivity contribution >= 4 is 17.5 Å². The van der Waals surface area contributed by atoms with Crippen molar-refractivity contribution in [3.63, 3.8) is 0 Å². The molecule has 1 unspecified atom stereocenters. The van der Waals surface area contributed by atoms with Gasteiger partial charge in [0, 0.05) is 30.3 Å². The molecule has 2 aromatic rings. The molecular weight excluding hydrogens is 314 g/mol. The Morgan fingerprint density at radius 2 is 2.09 bits per heavy atom. The Kier molecular flexibility index (Phi) is 5.80. The van der Waals surface area contributed by atoms with Gasteiger partial charge in [0.25, 0.3) is 0 Å². The first-order valence-corrected chi connectivity index (χ1v) is 7.97. The molecule has 5 nitrogen and oxygen atoms in total. The van der Waals surface area contributed by atoms with E-state index in [0.29, 0.717) is 17.0 Å². The highest BCUT2D eigenvalue weighted by molar-refractivity contribution is 6.30. The smallest absolute Gasteiger partial charge is 0.220 e. The minimum absolute atomic E-state index is 0.0665. The van der Waals surface area contributed by atoms with E-state index in [4.69, 9.17) is 11.6 Å². The van der Waals surface area contributed by atoms with E-state index in [1.165, 1.54) is 0 Å². The van der Waals surface area contributed by atoms with Crippen molar-refractivity contribution in [2.75, 3.05) is 6.54 Å². The van der Waals surface area contributed by atoms with Gasteiger partial charge < -0.3 is 10.4 Å². The maximum absolute atomic E-state index is 11.9. The predicted molar refractivity (Wildman–Crippen MR) is 90.2 cm³/mol. The maximum atomic E-state index is 11.9. The van der Waals surface area contributed by atoms with Gasteiger partial charge in [0.1, 0.15) is 5.60 Å². The molecule has 0 fully saturated rings. The van der Waals surface area contributed by atoms with Gasteiger partial charge in [0.2, 0.25) is 5.91 Å². The van der Waals surface area contributed by atoms with E-state index in [-0.39, 0.29) is 12.5 Å². The predicted octanol–water partition coefficient (Wildman–Crippen LogP) is 2.42. The van der Waals surface area contributed by atoms with E-state index in [2.05, 4.69) is 10.4 Å². The van der Waals surface area contributed by atoms with Gasteiger partial charge in [-0.2, -0.15) is 5.10 Å². The first-order chi connectivity index (χ1) is 10.9. The van der Waals surface area contributed by atoms with Gasteiger partial charge in [-0.15, -0.1) is 0 Å². The quantitative estimate of drug-likeness (QED) is 0.816. The lowest BCUT2D eigenvalue weighted by molar-refractivity contribution is -0.122. The molecule has 0 bridgehead atoms. The summed E-state index contributed by atoms with van der Waals surface area (Å²) in [7, 11) is 1.79. The number of aryl methyl sites for hydroxylation is 2. The lowest BCUT2D eigenvalue weighted by Crippen LogP contribution is -2.38. The number of amides is 1. The standard InChI is InChI=1S/C17H22ClN3O2/c1-17(23,14-10-20-21(2)11-14)12-19-16(22)5-3-4-13-6-8-15(18)9-7-13/h6-11,23H,3-5,12H2,1-2H3,(H,19,22). The lowest BCUT2D eigenvalue weighted by atomic mass is 9.99. The molecule has 1 atom stereocenters. The number of carbonyl (C=O) groups excluding carboxylic acids is 1. The normalized spacial score (nSPS) is 13.6. The Morgan fingerprint density at radius 3 is 2.70 bits per heavy atom. The SMILES string of the molecule is Cn1cc(C(C)(O)CNC(=O)CCCc2ccc(Cl)cc2)cn1. The second kappa shape index (κ2) is 7.62. The van der Waals surface area contributed by atoms with E-state index in [0.717, 1.165) is 18.4 Å². The van der Waals surface area contributed by atoms with Gasteiger partial charge in [-0.05, 0) is 37.5 Å². The number of nitrogens with one attached hydrogen (secondary N) is 1. The van der Waals surface area contributed by atoms with Gasteiger partial charge in [0.05, 0.1) is 12.7 Å². The fraction of sp³-hybridized carbons (Fsp3) is 0.412. The van der Waals surface area contributed by atoms with Crippen LogP contribution < -0.4 is 5.32 Å². The molecule has 0 aliphatic rings. The van der Waals surface area contributed by atoms with E-state index in [1.54, 1.807) is 31.0 Å². The zero-order chi connectivity index (χ0) is 16.9. The summed E-state index contributed by atoms with van der Waals surface area (Å²) in [6, 6.07) is 7.63. The average Bonchev–Trinajstić information content (AvgIpc) is 2.95. The average molecular weight is 336 g/mol. The molecule has 0 aliphatic heterocycles.